The van der Waals surface area contributed by atoms with E-state index in [2.05, 4.69) is 5.32 Å². The molecule has 0 bridgehead atoms. The zero-order valence-electron chi connectivity index (χ0n) is 11.1. The van der Waals surface area contributed by atoms with Crippen molar-refractivity contribution in [2.75, 3.05) is 18.2 Å². The number of anilines is 2. The summed E-state index contributed by atoms with van der Waals surface area (Å²) in [4.78, 5) is 12.1. The highest BCUT2D eigenvalue weighted by Crippen LogP contribution is 2.27. The first kappa shape index (κ1) is 13.0. The molecule has 2 aromatic rings. The Labute approximate surface area is 111 Å². The zero-order chi connectivity index (χ0) is 14.0. The van der Waals surface area contributed by atoms with Crippen LogP contribution in [0.15, 0.2) is 28.7 Å². The molecule has 5 nitrogen and oxygen atoms in total. The molecule has 0 radical (unpaired) electrons. The second kappa shape index (κ2) is 5.06. The predicted octanol–water partition coefficient (Wildman–Crippen LogP) is 2.74. The van der Waals surface area contributed by atoms with Crippen molar-refractivity contribution in [3.63, 3.8) is 0 Å². The highest BCUT2D eigenvalue weighted by molar-refractivity contribution is 6.05. The van der Waals surface area contributed by atoms with Crippen LogP contribution in [0.4, 0.5) is 11.4 Å². The number of aryl methyl sites for hydroxylation is 2. The van der Waals surface area contributed by atoms with Gasteiger partial charge in [0, 0.05) is 11.8 Å². The molecule has 0 unspecified atom stereocenters. The molecule has 1 aromatic carbocycles. The van der Waals surface area contributed by atoms with Crippen LogP contribution >= 0.6 is 0 Å². The molecule has 0 fully saturated rings. The van der Waals surface area contributed by atoms with Gasteiger partial charge in [-0.05, 0) is 32.0 Å². The van der Waals surface area contributed by atoms with Crippen molar-refractivity contribution < 1.29 is 13.9 Å². The summed E-state index contributed by atoms with van der Waals surface area (Å²) in [5.74, 6) is 1.57. The van der Waals surface area contributed by atoms with E-state index < -0.39 is 0 Å². The molecule has 0 aliphatic carbocycles. The van der Waals surface area contributed by atoms with Crippen molar-refractivity contribution in [3.8, 4) is 5.75 Å². The summed E-state index contributed by atoms with van der Waals surface area (Å²) in [6, 6.07) is 6.76. The highest BCUT2D eigenvalue weighted by atomic mass is 16.5. The number of amides is 1. The van der Waals surface area contributed by atoms with Crippen molar-refractivity contribution in [2.45, 2.75) is 13.8 Å². The van der Waals surface area contributed by atoms with Gasteiger partial charge in [0.1, 0.15) is 17.3 Å². The molecule has 0 aliphatic rings. The Kier molecular flexibility index (Phi) is 3.46. The van der Waals surface area contributed by atoms with E-state index >= 15 is 0 Å². The molecule has 100 valence electrons. The highest BCUT2D eigenvalue weighted by Gasteiger charge is 2.15. The number of benzene rings is 1. The minimum atomic E-state index is -0.238. The van der Waals surface area contributed by atoms with Gasteiger partial charge in [-0.2, -0.15) is 0 Å². The fourth-order valence-corrected chi connectivity index (χ4v) is 1.86. The Bertz CT molecular complexity index is 617. The molecule has 0 spiro atoms. The zero-order valence-corrected chi connectivity index (χ0v) is 11.1. The van der Waals surface area contributed by atoms with Crippen molar-refractivity contribution >= 4 is 17.3 Å². The topological polar surface area (TPSA) is 77.5 Å². The molecule has 1 amide bonds. The number of nitrogen functional groups attached to an aromatic ring is 1. The third kappa shape index (κ3) is 2.70. The van der Waals surface area contributed by atoms with E-state index in [9.17, 15) is 4.79 Å². The maximum Gasteiger partial charge on any atom is 0.259 e. The lowest BCUT2D eigenvalue weighted by Crippen LogP contribution is -2.13. The van der Waals surface area contributed by atoms with E-state index in [1.165, 1.54) is 7.11 Å². The molecule has 0 aliphatic heterocycles. The van der Waals surface area contributed by atoms with Gasteiger partial charge in [0.15, 0.2) is 0 Å². The molecule has 0 saturated heterocycles. The first-order valence-electron chi connectivity index (χ1n) is 5.83. The first-order valence-corrected chi connectivity index (χ1v) is 5.83. The normalized spacial score (nSPS) is 10.3. The summed E-state index contributed by atoms with van der Waals surface area (Å²) in [6.45, 7) is 3.55. The van der Waals surface area contributed by atoms with Crippen LogP contribution in [0.2, 0.25) is 0 Å². The van der Waals surface area contributed by atoms with E-state index in [-0.39, 0.29) is 5.91 Å². The molecule has 2 rings (SSSR count). The third-order valence-corrected chi connectivity index (χ3v) is 2.76. The lowest BCUT2D eigenvalue weighted by Gasteiger charge is -2.10. The lowest BCUT2D eigenvalue weighted by molar-refractivity contribution is 0.102. The fourth-order valence-electron chi connectivity index (χ4n) is 1.86. The molecule has 0 saturated carbocycles. The smallest absolute Gasteiger partial charge is 0.259 e. The Morgan fingerprint density at radius 2 is 2.05 bits per heavy atom. The lowest BCUT2D eigenvalue weighted by atomic mass is 10.2. The van der Waals surface area contributed by atoms with Gasteiger partial charge in [-0.3, -0.25) is 4.79 Å². The molecule has 1 aromatic heterocycles. The molecular weight excluding hydrogens is 244 g/mol. The van der Waals surface area contributed by atoms with Crippen LogP contribution in [0.3, 0.4) is 0 Å². The number of furan rings is 1. The van der Waals surface area contributed by atoms with Crippen LogP contribution < -0.4 is 15.8 Å². The molecule has 0 atom stereocenters. The number of rotatable bonds is 3. The van der Waals surface area contributed by atoms with Gasteiger partial charge in [0.05, 0.1) is 18.4 Å². The van der Waals surface area contributed by atoms with Crippen molar-refractivity contribution in [1.29, 1.82) is 0 Å². The molecule has 19 heavy (non-hydrogen) atoms. The Balaban J connectivity index is 2.26. The number of carbonyl (C=O) groups excluding carboxylic acids is 1. The van der Waals surface area contributed by atoms with E-state index in [0.29, 0.717) is 34.2 Å². The van der Waals surface area contributed by atoms with Crippen LogP contribution in [0.25, 0.3) is 0 Å². The minimum absolute atomic E-state index is 0.238. The Morgan fingerprint density at radius 1 is 1.32 bits per heavy atom. The van der Waals surface area contributed by atoms with Crippen LogP contribution in [0.5, 0.6) is 5.75 Å². The monoisotopic (exact) mass is 260 g/mol. The Hall–Kier alpha value is -2.43. The number of methoxy groups -OCH3 is 1. The van der Waals surface area contributed by atoms with Crippen molar-refractivity contribution in [2.24, 2.45) is 0 Å². The molecule has 5 heteroatoms. The number of nitrogens with two attached hydrogens (primary N) is 1. The first-order chi connectivity index (χ1) is 9.01. The van der Waals surface area contributed by atoms with Crippen molar-refractivity contribution in [3.05, 3.63) is 41.3 Å². The van der Waals surface area contributed by atoms with Gasteiger partial charge in [0.25, 0.3) is 5.91 Å². The van der Waals surface area contributed by atoms with Gasteiger partial charge in [-0.15, -0.1) is 0 Å². The second-order valence-corrected chi connectivity index (χ2v) is 4.24. The summed E-state index contributed by atoms with van der Waals surface area (Å²) in [6.07, 6.45) is 0. The maximum atomic E-state index is 12.1. The molecular formula is C14H16N2O3. The van der Waals surface area contributed by atoms with Gasteiger partial charge >= 0.3 is 0 Å². The van der Waals surface area contributed by atoms with Crippen LogP contribution in [0.1, 0.15) is 21.9 Å². The van der Waals surface area contributed by atoms with E-state index in [1.807, 2.05) is 0 Å². The largest absolute Gasteiger partial charge is 0.494 e. The predicted molar refractivity (Wildman–Crippen MR) is 73.5 cm³/mol. The second-order valence-electron chi connectivity index (χ2n) is 4.24. The Morgan fingerprint density at radius 3 is 2.63 bits per heavy atom. The summed E-state index contributed by atoms with van der Waals surface area (Å²) in [5.41, 5.74) is 7.32. The standard InChI is InChI=1S/C14H16N2O3/c1-8-6-11(9(2)19-8)14(17)16-12-5-4-10(15)7-13(12)18-3/h4-7H,15H2,1-3H3,(H,16,17). The molecule has 1 heterocycles. The minimum Gasteiger partial charge on any atom is -0.494 e. The van der Waals surface area contributed by atoms with E-state index in [4.69, 9.17) is 14.9 Å². The van der Waals surface area contributed by atoms with Crippen LogP contribution in [0, 0.1) is 13.8 Å². The molecule has 3 N–H and O–H groups in total. The summed E-state index contributed by atoms with van der Waals surface area (Å²) in [7, 11) is 1.53. The van der Waals surface area contributed by atoms with Gasteiger partial charge < -0.3 is 20.2 Å². The SMILES string of the molecule is COc1cc(N)ccc1NC(=O)c1cc(C)oc1C. The number of hydrogen-bond donors (Lipinski definition) is 2. The van der Waals surface area contributed by atoms with Gasteiger partial charge in [-0.25, -0.2) is 0 Å². The number of hydrogen-bond acceptors (Lipinski definition) is 4. The average Bonchev–Trinajstić information content (AvgIpc) is 2.70. The number of nitrogens with one attached hydrogen (secondary N) is 1. The number of carbonyl (C=O) groups is 1. The van der Waals surface area contributed by atoms with Crippen molar-refractivity contribution in [1.82, 2.24) is 0 Å². The maximum absolute atomic E-state index is 12.1. The van der Waals surface area contributed by atoms with Gasteiger partial charge in [-0.1, -0.05) is 0 Å². The average molecular weight is 260 g/mol. The number of ether oxygens (including phenoxy) is 1. The third-order valence-electron chi connectivity index (χ3n) is 2.76. The quantitative estimate of drug-likeness (QED) is 0.832. The van der Waals surface area contributed by atoms with Crippen LogP contribution in [-0.4, -0.2) is 13.0 Å². The van der Waals surface area contributed by atoms with Crippen LogP contribution in [-0.2, 0) is 0 Å². The summed E-state index contributed by atoms with van der Waals surface area (Å²) < 4.78 is 10.5. The summed E-state index contributed by atoms with van der Waals surface area (Å²) in [5, 5.41) is 2.78. The summed E-state index contributed by atoms with van der Waals surface area (Å²) >= 11 is 0. The van der Waals surface area contributed by atoms with E-state index in [0.717, 1.165) is 0 Å². The van der Waals surface area contributed by atoms with Gasteiger partial charge in [0.2, 0.25) is 0 Å². The fraction of sp³-hybridized carbons (Fsp3) is 0.214. The van der Waals surface area contributed by atoms with E-state index in [1.54, 1.807) is 38.1 Å².